The predicted molar refractivity (Wildman–Crippen MR) is 122 cm³/mol. The lowest BCUT2D eigenvalue weighted by Gasteiger charge is -2.40. The summed E-state index contributed by atoms with van der Waals surface area (Å²) in [5, 5.41) is 6.91. The Hall–Kier alpha value is -1.86. The minimum Gasteiger partial charge on any atom is -0.377 e. The largest absolute Gasteiger partial charge is 0.377 e. The van der Waals surface area contributed by atoms with Crippen molar-refractivity contribution in [3.8, 4) is 0 Å². The van der Waals surface area contributed by atoms with Crippen LogP contribution < -0.4 is 15.5 Å². The van der Waals surface area contributed by atoms with E-state index in [1.54, 1.807) is 0 Å². The van der Waals surface area contributed by atoms with E-state index in [-0.39, 0.29) is 17.6 Å². The molecule has 3 unspecified atom stereocenters. The van der Waals surface area contributed by atoms with Crippen molar-refractivity contribution < 1.29 is 9.47 Å². The Morgan fingerprint density at radius 2 is 2.07 bits per heavy atom. The number of anilines is 1. The van der Waals surface area contributed by atoms with E-state index in [9.17, 15) is 0 Å². The molecule has 3 heterocycles. The van der Waals surface area contributed by atoms with Gasteiger partial charge >= 0.3 is 0 Å². The van der Waals surface area contributed by atoms with Gasteiger partial charge in [-0.25, -0.2) is 4.98 Å². The van der Waals surface area contributed by atoms with Gasteiger partial charge in [0.1, 0.15) is 5.82 Å². The third-order valence-corrected chi connectivity index (χ3v) is 5.89. The minimum atomic E-state index is 0.148. The van der Waals surface area contributed by atoms with E-state index in [1.807, 2.05) is 13.2 Å². The smallest absolute Gasteiger partial charge is 0.191 e. The number of morpholine rings is 1. The maximum atomic E-state index is 6.10. The van der Waals surface area contributed by atoms with E-state index in [0.717, 1.165) is 56.6 Å². The van der Waals surface area contributed by atoms with Gasteiger partial charge in [-0.3, -0.25) is 4.99 Å². The summed E-state index contributed by atoms with van der Waals surface area (Å²) in [7, 11) is 1.81. The molecule has 2 fully saturated rings. The normalized spacial score (nSPS) is 25.8. The molecule has 168 valence electrons. The monoisotopic (exact) mass is 417 g/mol. The summed E-state index contributed by atoms with van der Waals surface area (Å²) >= 11 is 0. The number of aromatic nitrogens is 1. The molecule has 1 aromatic heterocycles. The van der Waals surface area contributed by atoms with Gasteiger partial charge in [-0.1, -0.05) is 26.8 Å². The molecule has 2 N–H and O–H groups in total. The summed E-state index contributed by atoms with van der Waals surface area (Å²) in [6.45, 7) is 13.9. The summed E-state index contributed by atoms with van der Waals surface area (Å²) in [4.78, 5) is 11.3. The van der Waals surface area contributed by atoms with Gasteiger partial charge in [-0.05, 0) is 36.8 Å². The van der Waals surface area contributed by atoms with E-state index in [0.29, 0.717) is 12.5 Å². The zero-order valence-electron chi connectivity index (χ0n) is 19.3. The van der Waals surface area contributed by atoms with Crippen LogP contribution in [0.25, 0.3) is 0 Å². The maximum absolute atomic E-state index is 6.10. The number of guanidine groups is 1. The number of aliphatic imine (C=N–C) groups is 1. The lowest BCUT2D eigenvalue weighted by Crippen LogP contribution is -2.47. The van der Waals surface area contributed by atoms with Gasteiger partial charge in [-0.2, -0.15) is 0 Å². The quantitative estimate of drug-likeness (QED) is 0.567. The molecule has 0 aromatic carbocycles. The Morgan fingerprint density at radius 1 is 1.23 bits per heavy atom. The average molecular weight is 418 g/mol. The van der Waals surface area contributed by atoms with Gasteiger partial charge in [0.2, 0.25) is 0 Å². The zero-order valence-corrected chi connectivity index (χ0v) is 19.3. The minimum absolute atomic E-state index is 0.148. The van der Waals surface area contributed by atoms with Crippen LogP contribution in [0.2, 0.25) is 0 Å². The first-order valence-corrected chi connectivity index (χ1v) is 11.2. The summed E-state index contributed by atoms with van der Waals surface area (Å²) in [6.07, 6.45) is 4.79. The molecule has 7 heteroatoms. The van der Waals surface area contributed by atoms with Crippen molar-refractivity contribution in [3.63, 3.8) is 0 Å². The Kier molecular flexibility index (Phi) is 7.94. The van der Waals surface area contributed by atoms with Crippen LogP contribution in [0.15, 0.2) is 23.3 Å². The SMILES string of the molecule is CN=C(NCc1ccc(N2CCOC(C)C2)nc1)NCC1CCCOC1C(C)(C)C. The highest BCUT2D eigenvalue weighted by atomic mass is 16.5. The molecule has 30 heavy (non-hydrogen) atoms. The molecule has 0 spiro atoms. The first kappa shape index (κ1) is 22.8. The van der Waals surface area contributed by atoms with E-state index >= 15 is 0 Å². The summed E-state index contributed by atoms with van der Waals surface area (Å²) in [6, 6.07) is 4.23. The third kappa shape index (κ3) is 6.32. The molecular formula is C23H39N5O2. The molecular weight excluding hydrogens is 378 g/mol. The number of pyridine rings is 1. The number of ether oxygens (including phenoxy) is 2. The van der Waals surface area contributed by atoms with Crippen molar-refractivity contribution in [2.24, 2.45) is 16.3 Å². The Bertz CT molecular complexity index is 686. The van der Waals surface area contributed by atoms with Crippen LogP contribution in [0.4, 0.5) is 5.82 Å². The van der Waals surface area contributed by atoms with Crippen molar-refractivity contribution in [1.82, 2.24) is 15.6 Å². The Labute approximate surface area is 181 Å². The second kappa shape index (κ2) is 10.4. The van der Waals surface area contributed by atoms with Crippen LogP contribution in [0.1, 0.15) is 46.1 Å². The summed E-state index contributed by atoms with van der Waals surface area (Å²) in [5.41, 5.74) is 1.28. The average Bonchev–Trinajstić information content (AvgIpc) is 2.74. The first-order valence-electron chi connectivity index (χ1n) is 11.2. The van der Waals surface area contributed by atoms with Crippen LogP contribution in [-0.4, -0.2) is 63.0 Å². The van der Waals surface area contributed by atoms with Gasteiger partial charge in [0, 0.05) is 51.9 Å². The molecule has 3 rings (SSSR count). The van der Waals surface area contributed by atoms with E-state index < -0.39 is 0 Å². The highest BCUT2D eigenvalue weighted by molar-refractivity contribution is 5.79. The standard InChI is InChI=1S/C23H39N5O2/c1-17-16-28(10-12-29-17)20-9-8-18(13-25-20)14-26-22(24-5)27-15-19-7-6-11-30-21(19)23(2,3)4/h8-9,13,17,19,21H,6-7,10-12,14-16H2,1-5H3,(H2,24,26,27). The Morgan fingerprint density at radius 3 is 2.73 bits per heavy atom. The molecule has 1 aromatic rings. The van der Waals surface area contributed by atoms with Crippen molar-refractivity contribution in [1.29, 1.82) is 0 Å². The van der Waals surface area contributed by atoms with Crippen LogP contribution >= 0.6 is 0 Å². The predicted octanol–water partition coefficient (Wildman–Crippen LogP) is 2.81. The number of rotatable bonds is 5. The van der Waals surface area contributed by atoms with Crippen LogP contribution in [0.3, 0.4) is 0 Å². The molecule has 0 amide bonds. The van der Waals surface area contributed by atoms with Crippen molar-refractivity contribution in [2.45, 2.75) is 59.3 Å². The van der Waals surface area contributed by atoms with Gasteiger partial charge in [0.15, 0.2) is 5.96 Å². The molecule has 2 saturated heterocycles. The topological polar surface area (TPSA) is 71.0 Å². The number of hydrogen-bond donors (Lipinski definition) is 2. The van der Waals surface area contributed by atoms with Gasteiger partial charge in [0.05, 0.1) is 18.8 Å². The molecule has 0 bridgehead atoms. The lowest BCUT2D eigenvalue weighted by atomic mass is 9.78. The molecule has 0 aliphatic carbocycles. The summed E-state index contributed by atoms with van der Waals surface area (Å²) < 4.78 is 11.7. The van der Waals surface area contributed by atoms with Gasteiger partial charge < -0.3 is 25.0 Å². The molecule has 0 saturated carbocycles. The second-order valence-corrected chi connectivity index (χ2v) is 9.52. The highest BCUT2D eigenvalue weighted by Gasteiger charge is 2.35. The number of hydrogen-bond acceptors (Lipinski definition) is 5. The fraction of sp³-hybridized carbons (Fsp3) is 0.739. The second-order valence-electron chi connectivity index (χ2n) is 9.52. The van der Waals surface area contributed by atoms with E-state index in [1.165, 1.54) is 6.42 Å². The lowest BCUT2D eigenvalue weighted by molar-refractivity contribution is -0.0835. The highest BCUT2D eigenvalue weighted by Crippen LogP contribution is 2.33. The fourth-order valence-corrected chi connectivity index (χ4v) is 4.38. The molecule has 0 radical (unpaired) electrons. The van der Waals surface area contributed by atoms with Crippen LogP contribution in [0.5, 0.6) is 0 Å². The van der Waals surface area contributed by atoms with E-state index in [4.69, 9.17) is 9.47 Å². The maximum Gasteiger partial charge on any atom is 0.191 e. The molecule has 7 nitrogen and oxygen atoms in total. The first-order chi connectivity index (χ1) is 14.4. The van der Waals surface area contributed by atoms with Crippen LogP contribution in [-0.2, 0) is 16.0 Å². The van der Waals surface area contributed by atoms with Gasteiger partial charge in [-0.15, -0.1) is 0 Å². The van der Waals surface area contributed by atoms with Crippen molar-refractivity contribution >= 4 is 11.8 Å². The van der Waals surface area contributed by atoms with Gasteiger partial charge in [0.25, 0.3) is 0 Å². The third-order valence-electron chi connectivity index (χ3n) is 5.89. The van der Waals surface area contributed by atoms with Crippen LogP contribution in [0, 0.1) is 11.3 Å². The zero-order chi connectivity index (χ0) is 21.6. The molecule has 2 aliphatic rings. The fourth-order valence-electron chi connectivity index (χ4n) is 4.38. The number of nitrogens with zero attached hydrogens (tertiary/aromatic N) is 3. The van der Waals surface area contributed by atoms with E-state index in [2.05, 4.69) is 65.3 Å². The van der Waals surface area contributed by atoms with Crippen molar-refractivity contribution in [2.75, 3.05) is 44.8 Å². The summed E-state index contributed by atoms with van der Waals surface area (Å²) in [5.74, 6) is 2.33. The van der Waals surface area contributed by atoms with Crippen molar-refractivity contribution in [3.05, 3.63) is 23.9 Å². The number of nitrogens with one attached hydrogen (secondary N) is 2. The molecule has 3 atom stereocenters. The Balaban J connectivity index is 1.48. The molecule has 2 aliphatic heterocycles.